The molecule has 4 amide bonds. The lowest BCUT2D eigenvalue weighted by Gasteiger charge is -2.15. The highest BCUT2D eigenvalue weighted by atomic mass is 16.5. The van der Waals surface area contributed by atoms with Crippen molar-refractivity contribution in [3.05, 3.63) is 139 Å². The number of hydrogen-bond donors (Lipinski definition) is 6. The second-order valence-corrected chi connectivity index (χ2v) is 14.6. The predicted octanol–water partition coefficient (Wildman–Crippen LogP) is 10.2. The van der Waals surface area contributed by atoms with Gasteiger partial charge in [0, 0.05) is 75.2 Å². The summed E-state index contributed by atoms with van der Waals surface area (Å²) in [4.78, 5) is 58.2. The Hall–Kier alpha value is -8.26. The van der Waals surface area contributed by atoms with Gasteiger partial charge in [0.05, 0.1) is 29.6 Å². The molecule has 306 valence electrons. The van der Waals surface area contributed by atoms with Crippen LogP contribution in [-0.2, 0) is 9.59 Å². The summed E-state index contributed by atoms with van der Waals surface area (Å²) in [5.41, 5.74) is 4.62. The minimum atomic E-state index is -0.663. The normalized spacial score (nSPS) is 11.1. The highest BCUT2D eigenvalue weighted by Crippen LogP contribution is 2.44. The maximum absolute atomic E-state index is 14.1. The van der Waals surface area contributed by atoms with E-state index >= 15 is 0 Å². The van der Waals surface area contributed by atoms with Crippen molar-refractivity contribution in [1.82, 2.24) is 4.98 Å². The number of nitrogens with one attached hydrogen (secondary N) is 5. The molecule has 0 spiro atoms. The van der Waals surface area contributed by atoms with Crippen molar-refractivity contribution in [2.75, 3.05) is 47.4 Å². The molecule has 0 atom stereocenters. The number of phenols is 1. The zero-order chi connectivity index (χ0) is 43.5. The van der Waals surface area contributed by atoms with Crippen LogP contribution in [0.1, 0.15) is 34.6 Å². The van der Waals surface area contributed by atoms with Crippen LogP contribution >= 0.6 is 0 Å². The molecule has 0 radical (unpaired) electrons. The van der Waals surface area contributed by atoms with Crippen molar-refractivity contribution in [3.63, 3.8) is 0 Å². The smallest absolute Gasteiger partial charge is 0.259 e. The van der Waals surface area contributed by atoms with E-state index in [1.54, 1.807) is 18.2 Å². The van der Waals surface area contributed by atoms with Crippen LogP contribution in [-0.4, -0.2) is 54.9 Å². The molecular weight excluding hydrogens is 773 g/mol. The Kier molecular flexibility index (Phi) is 11.3. The Morgan fingerprint density at radius 1 is 0.705 bits per heavy atom. The van der Waals surface area contributed by atoms with E-state index in [0.29, 0.717) is 16.5 Å². The number of fused-ring (bicyclic) bond motifs is 5. The van der Waals surface area contributed by atoms with Gasteiger partial charge in [-0.2, -0.15) is 5.11 Å². The number of anilines is 5. The van der Waals surface area contributed by atoms with Crippen LogP contribution in [0.5, 0.6) is 11.5 Å². The average Bonchev–Trinajstić information content (AvgIpc) is 3.62. The number of aromatic hydroxyl groups is 1. The van der Waals surface area contributed by atoms with Crippen molar-refractivity contribution in [3.8, 4) is 11.5 Å². The van der Waals surface area contributed by atoms with Crippen LogP contribution in [0.4, 0.5) is 39.8 Å². The Labute approximate surface area is 350 Å². The van der Waals surface area contributed by atoms with E-state index in [4.69, 9.17) is 4.74 Å². The number of para-hydroxylation sites is 1. The highest BCUT2D eigenvalue weighted by Gasteiger charge is 2.23. The number of phenolic OH excluding ortho intramolecular Hbond substituents is 1. The number of aromatic amines is 1. The standard InChI is InChI=1S/C47H42N8O6/c1-25(2)44(57)49-31-20-28(21-32(23-31)50-45(58)26(3)4)46(59)52-38-24-30(15-19-39(38)61-7)48-47(60)36-22-27-12-18-35-34-10-8-9-11-37(34)51-41(35)40(27)42(43(36)56)54-53-29-13-16-33(17-14-29)55(5)6/h8-24,51,56H,1,3H2,2,4-7H3,(H,48,60)(H,49,57)(H,50,58)(H,52,59). The fourth-order valence-electron chi connectivity index (χ4n) is 6.63. The van der Waals surface area contributed by atoms with Crippen LogP contribution in [0.3, 0.4) is 0 Å². The Morgan fingerprint density at radius 3 is 2.02 bits per heavy atom. The number of carbonyl (C=O) groups is 4. The molecule has 0 fully saturated rings. The summed E-state index contributed by atoms with van der Waals surface area (Å²) in [6.07, 6.45) is 0. The largest absolute Gasteiger partial charge is 0.505 e. The van der Waals surface area contributed by atoms with Gasteiger partial charge in [0.2, 0.25) is 0 Å². The number of amides is 4. The number of H-pyrrole nitrogens is 1. The molecule has 0 aliphatic heterocycles. The highest BCUT2D eigenvalue weighted by molar-refractivity contribution is 6.23. The molecule has 7 aromatic rings. The molecule has 1 heterocycles. The fraction of sp³-hybridized carbons (Fsp3) is 0.106. The number of azo groups is 1. The number of aromatic nitrogens is 1. The number of benzene rings is 6. The molecule has 6 aromatic carbocycles. The molecule has 0 saturated heterocycles. The molecule has 0 aliphatic carbocycles. The molecule has 14 heteroatoms. The van der Waals surface area contributed by atoms with E-state index < -0.39 is 23.6 Å². The summed E-state index contributed by atoms with van der Waals surface area (Å²) in [6.45, 7) is 10.4. The van der Waals surface area contributed by atoms with Gasteiger partial charge in [-0.15, -0.1) is 5.11 Å². The third kappa shape index (κ3) is 8.64. The van der Waals surface area contributed by atoms with Gasteiger partial charge >= 0.3 is 0 Å². The molecule has 14 nitrogen and oxygen atoms in total. The SMILES string of the molecule is C=C(C)C(=O)Nc1cc(NC(=O)C(=C)C)cc(C(=O)Nc2cc(NC(=O)c3cc4ccc5c6ccccc6[nH]c5c4c(N=Nc4ccc(N(C)C)cc4)c3O)ccc2OC)c1. The van der Waals surface area contributed by atoms with Gasteiger partial charge in [-0.1, -0.05) is 43.5 Å². The number of methoxy groups -OCH3 is 1. The van der Waals surface area contributed by atoms with Crippen molar-refractivity contribution < 1.29 is 29.0 Å². The van der Waals surface area contributed by atoms with Crippen LogP contribution in [0, 0.1) is 0 Å². The Balaban J connectivity index is 1.23. The summed E-state index contributed by atoms with van der Waals surface area (Å²) < 4.78 is 5.52. The summed E-state index contributed by atoms with van der Waals surface area (Å²) in [7, 11) is 5.29. The number of ether oxygens (including phenoxy) is 1. The van der Waals surface area contributed by atoms with Crippen LogP contribution in [0.15, 0.2) is 138 Å². The summed E-state index contributed by atoms with van der Waals surface area (Å²) >= 11 is 0. The van der Waals surface area contributed by atoms with Crippen molar-refractivity contribution in [2.24, 2.45) is 10.2 Å². The lowest BCUT2D eigenvalue weighted by molar-refractivity contribution is -0.113. The van der Waals surface area contributed by atoms with E-state index in [2.05, 4.69) is 49.6 Å². The predicted molar refractivity (Wildman–Crippen MR) is 242 cm³/mol. The zero-order valence-electron chi connectivity index (χ0n) is 34.1. The molecule has 0 unspecified atom stereocenters. The first-order valence-electron chi connectivity index (χ1n) is 19.0. The minimum absolute atomic E-state index is 0.0702. The number of carbonyl (C=O) groups excluding carboxylic acids is 4. The molecule has 1 aromatic heterocycles. The second-order valence-electron chi connectivity index (χ2n) is 14.6. The van der Waals surface area contributed by atoms with E-state index in [9.17, 15) is 24.3 Å². The van der Waals surface area contributed by atoms with Crippen LogP contribution in [0.25, 0.3) is 32.6 Å². The zero-order valence-corrected chi connectivity index (χ0v) is 34.1. The molecule has 61 heavy (non-hydrogen) atoms. The summed E-state index contributed by atoms with van der Waals surface area (Å²) in [6, 6.07) is 29.7. The van der Waals surface area contributed by atoms with Gasteiger partial charge in [0.1, 0.15) is 11.4 Å². The number of hydrogen-bond acceptors (Lipinski definition) is 9. The molecule has 7 rings (SSSR count). The fourth-order valence-corrected chi connectivity index (χ4v) is 6.63. The first-order valence-corrected chi connectivity index (χ1v) is 19.0. The van der Waals surface area contributed by atoms with Crippen molar-refractivity contribution in [2.45, 2.75) is 13.8 Å². The molecular formula is C47H42N8O6. The Morgan fingerprint density at radius 2 is 1.38 bits per heavy atom. The quantitative estimate of drug-likeness (QED) is 0.0522. The van der Waals surface area contributed by atoms with Gasteiger partial charge in [-0.05, 0) is 92.0 Å². The third-order valence-corrected chi connectivity index (χ3v) is 9.80. The summed E-state index contributed by atoms with van der Waals surface area (Å²) in [5.74, 6) is -2.36. The monoisotopic (exact) mass is 814 g/mol. The van der Waals surface area contributed by atoms with E-state index in [0.717, 1.165) is 27.5 Å². The first-order chi connectivity index (χ1) is 29.2. The van der Waals surface area contributed by atoms with Gasteiger partial charge in [-0.25, -0.2) is 0 Å². The van der Waals surface area contributed by atoms with Crippen LogP contribution in [0.2, 0.25) is 0 Å². The molecule has 6 N–H and O–H groups in total. The first kappa shape index (κ1) is 40.9. The van der Waals surface area contributed by atoms with Gasteiger partial charge in [0.25, 0.3) is 23.6 Å². The minimum Gasteiger partial charge on any atom is -0.505 e. The topological polar surface area (TPSA) is 190 Å². The van der Waals surface area contributed by atoms with E-state index in [1.807, 2.05) is 79.7 Å². The maximum atomic E-state index is 14.1. The van der Waals surface area contributed by atoms with E-state index in [1.165, 1.54) is 45.2 Å². The van der Waals surface area contributed by atoms with Gasteiger partial charge in [-0.3, -0.25) is 19.2 Å². The number of rotatable bonds is 12. The molecule has 0 aliphatic rings. The third-order valence-electron chi connectivity index (χ3n) is 9.80. The lowest BCUT2D eigenvalue weighted by Crippen LogP contribution is -2.18. The van der Waals surface area contributed by atoms with Gasteiger partial charge in [0.15, 0.2) is 5.75 Å². The van der Waals surface area contributed by atoms with Crippen LogP contribution < -0.4 is 30.9 Å². The number of nitrogens with zero attached hydrogens (tertiary/aromatic N) is 3. The van der Waals surface area contributed by atoms with Crippen molar-refractivity contribution in [1.29, 1.82) is 0 Å². The average molecular weight is 815 g/mol. The lowest BCUT2D eigenvalue weighted by atomic mass is 10.00. The second kappa shape index (κ2) is 16.9. The molecule has 0 saturated carbocycles. The Bertz CT molecular complexity index is 2940. The molecule has 0 bridgehead atoms. The van der Waals surface area contributed by atoms with Crippen molar-refractivity contribution >= 4 is 96.0 Å². The van der Waals surface area contributed by atoms with E-state index in [-0.39, 0.29) is 62.2 Å². The summed E-state index contributed by atoms with van der Waals surface area (Å²) in [5, 5.41) is 35.0. The maximum Gasteiger partial charge on any atom is 0.259 e. The van der Waals surface area contributed by atoms with Gasteiger partial charge < -0.3 is 41.0 Å².